The number of ether oxygens (including phenoxy) is 2. The third-order valence-electron chi connectivity index (χ3n) is 4.42. The maximum Gasteiger partial charge on any atom is 0.320 e. The number of rotatable bonds is 6. The van der Waals surface area contributed by atoms with Gasteiger partial charge in [0.1, 0.15) is 6.04 Å². The van der Waals surface area contributed by atoms with Crippen LogP contribution in [0.1, 0.15) is 12.0 Å². The Morgan fingerprint density at radius 1 is 1.38 bits per heavy atom. The molecule has 0 aromatic heterocycles. The van der Waals surface area contributed by atoms with Gasteiger partial charge in [-0.2, -0.15) is 0 Å². The smallest absolute Gasteiger partial charge is 0.320 e. The first-order chi connectivity index (χ1) is 11.3. The lowest BCUT2D eigenvalue weighted by Crippen LogP contribution is -2.36. The predicted molar refractivity (Wildman–Crippen MR) is 93.5 cm³/mol. The number of nitrogens with zero attached hydrogens (tertiary/aromatic N) is 2. The van der Waals surface area contributed by atoms with Gasteiger partial charge in [0.05, 0.1) is 24.3 Å². The summed E-state index contributed by atoms with van der Waals surface area (Å²) in [4.78, 5) is 15.5. The van der Waals surface area contributed by atoms with Crippen LogP contribution < -0.4 is 9.47 Å². The van der Waals surface area contributed by atoms with E-state index in [1.54, 1.807) is 6.07 Å². The summed E-state index contributed by atoms with van der Waals surface area (Å²) in [5, 5.41) is 10.3. The highest BCUT2D eigenvalue weighted by molar-refractivity contribution is 6.37. The molecule has 1 aliphatic heterocycles. The maximum absolute atomic E-state index is 11.6. The number of hydrogen-bond donors (Lipinski definition) is 1. The number of hydrogen-bond acceptors (Lipinski definition) is 5. The molecule has 0 aliphatic carbocycles. The highest BCUT2D eigenvalue weighted by Crippen LogP contribution is 2.42. The van der Waals surface area contributed by atoms with Gasteiger partial charge in [-0.15, -0.1) is 0 Å². The Balaban J connectivity index is 2.34. The molecule has 1 N–H and O–H groups in total. The fraction of sp³-hybridized carbons (Fsp3) is 0.562. The summed E-state index contributed by atoms with van der Waals surface area (Å²) >= 11 is 12.8. The molecule has 6 nitrogen and oxygen atoms in total. The van der Waals surface area contributed by atoms with Crippen LogP contribution in [0.5, 0.6) is 11.5 Å². The van der Waals surface area contributed by atoms with E-state index in [1.165, 1.54) is 14.2 Å². The monoisotopic (exact) mass is 376 g/mol. The van der Waals surface area contributed by atoms with Crippen molar-refractivity contribution < 1.29 is 19.4 Å². The minimum atomic E-state index is -0.841. The predicted octanol–water partition coefficient (Wildman–Crippen LogP) is 2.60. The minimum Gasteiger partial charge on any atom is -0.493 e. The lowest BCUT2D eigenvalue weighted by atomic mass is 10.1. The Labute approximate surface area is 151 Å². The SMILES string of the molecule is COc1cc(Cl)c(CN2C[C@H](N(C)C)C[C@H]2C(=O)O)c(Cl)c1OC. The highest BCUT2D eigenvalue weighted by Gasteiger charge is 2.38. The van der Waals surface area contributed by atoms with Crippen LogP contribution in [-0.2, 0) is 11.3 Å². The van der Waals surface area contributed by atoms with Crippen molar-refractivity contribution >= 4 is 29.2 Å². The number of likely N-dealkylation sites (tertiary alicyclic amines) is 1. The Morgan fingerprint density at radius 3 is 2.54 bits per heavy atom. The van der Waals surface area contributed by atoms with E-state index < -0.39 is 12.0 Å². The largest absolute Gasteiger partial charge is 0.493 e. The van der Waals surface area contributed by atoms with E-state index in [-0.39, 0.29) is 6.04 Å². The molecule has 1 saturated heterocycles. The first kappa shape index (κ1) is 19.1. The molecular weight excluding hydrogens is 355 g/mol. The maximum atomic E-state index is 11.6. The fourth-order valence-corrected chi connectivity index (χ4v) is 3.63. The summed E-state index contributed by atoms with van der Waals surface area (Å²) in [5.74, 6) is -0.000468. The van der Waals surface area contributed by atoms with Crippen molar-refractivity contribution in [3.63, 3.8) is 0 Å². The lowest BCUT2D eigenvalue weighted by molar-refractivity contribution is -0.142. The van der Waals surface area contributed by atoms with Crippen LogP contribution in [0.25, 0.3) is 0 Å². The van der Waals surface area contributed by atoms with Crippen molar-refractivity contribution in [2.75, 3.05) is 34.9 Å². The van der Waals surface area contributed by atoms with E-state index in [1.807, 2.05) is 23.9 Å². The summed E-state index contributed by atoms with van der Waals surface area (Å²) in [6, 6.07) is 1.23. The second-order valence-electron chi connectivity index (χ2n) is 6.02. The average Bonchev–Trinajstić information content (AvgIpc) is 2.95. The molecule has 1 aliphatic rings. The second-order valence-corrected chi connectivity index (χ2v) is 6.81. The van der Waals surface area contributed by atoms with Gasteiger partial charge in [0.2, 0.25) is 0 Å². The number of benzene rings is 1. The fourth-order valence-electron chi connectivity index (χ4n) is 2.99. The number of carbonyl (C=O) groups is 1. The van der Waals surface area contributed by atoms with Crippen LogP contribution in [0.2, 0.25) is 10.0 Å². The standard InChI is InChI=1S/C16H22Cl2N2O4/c1-19(2)9-5-12(16(21)22)20(7-9)8-10-11(17)6-13(23-3)15(24-4)14(10)18/h6,9,12H,5,7-8H2,1-4H3,(H,21,22)/t9-,12+/m1/s1. The van der Waals surface area contributed by atoms with Gasteiger partial charge in [-0.05, 0) is 20.5 Å². The van der Waals surface area contributed by atoms with Gasteiger partial charge >= 0.3 is 5.97 Å². The summed E-state index contributed by atoms with van der Waals surface area (Å²) in [7, 11) is 6.90. The van der Waals surface area contributed by atoms with Crippen molar-refractivity contribution in [2.45, 2.75) is 25.0 Å². The molecule has 0 radical (unpaired) electrons. The molecule has 8 heteroatoms. The van der Waals surface area contributed by atoms with E-state index in [4.69, 9.17) is 32.7 Å². The van der Waals surface area contributed by atoms with Crippen LogP contribution >= 0.6 is 23.2 Å². The van der Waals surface area contributed by atoms with Crippen molar-refractivity contribution in [2.24, 2.45) is 0 Å². The molecule has 1 heterocycles. The molecule has 1 aromatic carbocycles. The first-order valence-corrected chi connectivity index (χ1v) is 8.27. The zero-order chi connectivity index (χ0) is 18.0. The molecule has 134 valence electrons. The number of halogens is 2. The van der Waals surface area contributed by atoms with Crippen LogP contribution in [-0.4, -0.2) is 67.8 Å². The number of methoxy groups -OCH3 is 2. The normalized spacial score (nSPS) is 21.3. The Bertz CT molecular complexity index is 625. The third-order valence-corrected chi connectivity index (χ3v) is 5.15. The van der Waals surface area contributed by atoms with Gasteiger partial charge in [0, 0.05) is 30.8 Å². The number of carboxylic acids is 1. The van der Waals surface area contributed by atoms with Crippen molar-refractivity contribution in [3.8, 4) is 11.5 Å². The molecular formula is C16H22Cl2N2O4. The molecule has 2 atom stereocenters. The van der Waals surface area contributed by atoms with Gasteiger partial charge in [-0.25, -0.2) is 0 Å². The zero-order valence-electron chi connectivity index (χ0n) is 14.2. The van der Waals surface area contributed by atoms with E-state index >= 15 is 0 Å². The summed E-state index contributed by atoms with van der Waals surface area (Å²) in [5.41, 5.74) is 0.640. The lowest BCUT2D eigenvalue weighted by Gasteiger charge is -2.24. The van der Waals surface area contributed by atoms with E-state index in [0.717, 1.165) is 0 Å². The van der Waals surface area contributed by atoms with E-state index in [9.17, 15) is 9.90 Å². The van der Waals surface area contributed by atoms with Crippen molar-refractivity contribution in [3.05, 3.63) is 21.7 Å². The molecule has 0 saturated carbocycles. The number of aliphatic carboxylic acids is 1. The Hall–Kier alpha value is -1.21. The van der Waals surface area contributed by atoms with Gasteiger partial charge in [-0.3, -0.25) is 9.69 Å². The Morgan fingerprint density at radius 2 is 2.04 bits per heavy atom. The van der Waals surface area contributed by atoms with Gasteiger partial charge in [0.15, 0.2) is 11.5 Å². The minimum absolute atomic E-state index is 0.170. The Kier molecular flexibility index (Phi) is 6.20. The number of likely N-dealkylation sites (N-methyl/N-ethyl adjacent to an activating group) is 1. The molecule has 0 unspecified atom stereocenters. The van der Waals surface area contributed by atoms with Gasteiger partial charge in [0.25, 0.3) is 0 Å². The quantitative estimate of drug-likeness (QED) is 0.823. The zero-order valence-corrected chi connectivity index (χ0v) is 15.7. The van der Waals surface area contributed by atoms with Crippen LogP contribution in [0.15, 0.2) is 6.07 Å². The van der Waals surface area contributed by atoms with Crippen molar-refractivity contribution in [1.29, 1.82) is 0 Å². The molecule has 24 heavy (non-hydrogen) atoms. The average molecular weight is 377 g/mol. The second kappa shape index (κ2) is 7.78. The van der Waals surface area contributed by atoms with Gasteiger partial charge < -0.3 is 19.5 Å². The highest BCUT2D eigenvalue weighted by atomic mass is 35.5. The van der Waals surface area contributed by atoms with E-state index in [2.05, 4.69) is 0 Å². The molecule has 2 rings (SSSR count). The topological polar surface area (TPSA) is 62.2 Å². The summed E-state index contributed by atoms with van der Waals surface area (Å²) in [6.45, 7) is 0.963. The molecule has 1 aromatic rings. The molecule has 0 spiro atoms. The van der Waals surface area contributed by atoms with Crippen LogP contribution in [0.4, 0.5) is 0 Å². The summed E-state index contributed by atoms with van der Waals surface area (Å²) < 4.78 is 10.5. The first-order valence-electron chi connectivity index (χ1n) is 7.52. The third kappa shape index (κ3) is 3.72. The van der Waals surface area contributed by atoms with Crippen molar-refractivity contribution in [1.82, 2.24) is 9.80 Å². The summed E-state index contributed by atoms with van der Waals surface area (Å²) in [6.07, 6.45) is 0.560. The van der Waals surface area contributed by atoms with Gasteiger partial charge in [-0.1, -0.05) is 23.2 Å². The van der Waals surface area contributed by atoms with Crippen LogP contribution in [0.3, 0.4) is 0 Å². The number of carboxylic acid groups (broad SMARTS) is 1. The van der Waals surface area contributed by atoms with E-state index in [0.29, 0.717) is 46.6 Å². The molecule has 0 bridgehead atoms. The molecule has 0 amide bonds. The molecule has 1 fully saturated rings. The van der Waals surface area contributed by atoms with Crippen LogP contribution in [0, 0.1) is 0 Å².